The minimum absolute atomic E-state index is 0.0678. The number of thiazole rings is 1. The maximum atomic E-state index is 13.3. The summed E-state index contributed by atoms with van der Waals surface area (Å²) in [5.41, 5.74) is 3.21. The highest BCUT2D eigenvalue weighted by Crippen LogP contribution is 2.50. The van der Waals surface area contributed by atoms with E-state index in [-0.39, 0.29) is 29.9 Å². The predicted molar refractivity (Wildman–Crippen MR) is 127 cm³/mol. The molecule has 8 heteroatoms. The van der Waals surface area contributed by atoms with Crippen molar-refractivity contribution in [1.29, 1.82) is 0 Å². The van der Waals surface area contributed by atoms with E-state index in [0.717, 1.165) is 67.3 Å². The zero-order valence-corrected chi connectivity index (χ0v) is 19.7. The monoisotopic (exact) mass is 466 g/mol. The first-order valence-corrected chi connectivity index (χ1v) is 12.7. The SMILES string of the molecule is COc1ccc2c3c([nH]c2c1)[C@@H](CO)N(C(=O)C1CC1)CC31CCN(Cc2nccs2)CC1. The summed E-state index contributed by atoms with van der Waals surface area (Å²) < 4.78 is 5.46. The normalized spacial score (nSPS) is 22.6. The maximum absolute atomic E-state index is 13.3. The second kappa shape index (κ2) is 8.11. The van der Waals surface area contributed by atoms with Crippen LogP contribution in [-0.4, -0.2) is 64.1 Å². The Morgan fingerprint density at radius 2 is 2.15 bits per heavy atom. The first kappa shape index (κ1) is 21.1. The molecular formula is C25H30N4O3S. The van der Waals surface area contributed by atoms with Crippen LogP contribution in [0.2, 0.25) is 0 Å². The van der Waals surface area contributed by atoms with Crippen LogP contribution in [0.4, 0.5) is 0 Å². The molecule has 2 N–H and O–H groups in total. The lowest BCUT2D eigenvalue weighted by Crippen LogP contribution is -2.55. The number of likely N-dealkylation sites (tertiary alicyclic amines) is 1. The van der Waals surface area contributed by atoms with Crippen LogP contribution in [0, 0.1) is 5.92 Å². The number of nitrogens with one attached hydrogen (secondary N) is 1. The largest absolute Gasteiger partial charge is 0.497 e. The predicted octanol–water partition coefficient (Wildman–Crippen LogP) is 3.45. The van der Waals surface area contributed by atoms with E-state index in [9.17, 15) is 9.90 Å². The third-order valence-electron chi connectivity index (χ3n) is 7.79. The van der Waals surface area contributed by atoms with Gasteiger partial charge in [-0.3, -0.25) is 9.69 Å². The summed E-state index contributed by atoms with van der Waals surface area (Å²) in [6.07, 6.45) is 5.78. The van der Waals surface area contributed by atoms with Crippen LogP contribution in [0.5, 0.6) is 5.75 Å². The third kappa shape index (κ3) is 3.55. The number of aliphatic hydroxyl groups excluding tert-OH is 1. The number of hydrogen-bond acceptors (Lipinski definition) is 6. The van der Waals surface area contributed by atoms with Gasteiger partial charge in [-0.2, -0.15) is 0 Å². The number of aromatic amines is 1. The number of benzene rings is 1. The molecule has 0 radical (unpaired) electrons. The molecule has 33 heavy (non-hydrogen) atoms. The van der Waals surface area contributed by atoms with Crippen LogP contribution in [0.25, 0.3) is 10.9 Å². The molecule has 7 nitrogen and oxygen atoms in total. The number of methoxy groups -OCH3 is 1. The van der Waals surface area contributed by atoms with Gasteiger partial charge in [0.2, 0.25) is 5.91 Å². The van der Waals surface area contributed by atoms with Crippen LogP contribution in [-0.2, 0) is 16.8 Å². The van der Waals surface area contributed by atoms with Crippen LogP contribution in [0.15, 0.2) is 29.8 Å². The van der Waals surface area contributed by atoms with Crippen molar-refractivity contribution in [2.45, 2.75) is 43.7 Å². The number of nitrogens with zero attached hydrogens (tertiary/aromatic N) is 3. The van der Waals surface area contributed by atoms with Gasteiger partial charge in [0, 0.05) is 52.1 Å². The molecule has 0 unspecified atom stereocenters. The van der Waals surface area contributed by atoms with Crippen molar-refractivity contribution in [1.82, 2.24) is 19.8 Å². The Bertz CT molecular complexity index is 1160. The first-order chi connectivity index (χ1) is 16.1. The molecule has 2 aromatic heterocycles. The smallest absolute Gasteiger partial charge is 0.226 e. The summed E-state index contributed by atoms with van der Waals surface area (Å²) in [5, 5.41) is 14.8. The number of carbonyl (C=O) groups is 1. The van der Waals surface area contributed by atoms with Gasteiger partial charge < -0.3 is 19.7 Å². The molecule has 1 aliphatic carbocycles. The molecule has 2 aliphatic heterocycles. The fourth-order valence-corrected chi connectivity index (χ4v) is 6.53. The highest BCUT2D eigenvalue weighted by molar-refractivity contribution is 7.09. The highest BCUT2D eigenvalue weighted by atomic mass is 32.1. The van der Waals surface area contributed by atoms with E-state index in [1.165, 1.54) is 10.9 Å². The number of ether oxygens (including phenoxy) is 1. The van der Waals surface area contributed by atoms with Gasteiger partial charge in [0.25, 0.3) is 0 Å². The van der Waals surface area contributed by atoms with E-state index in [2.05, 4.69) is 20.9 Å². The zero-order valence-electron chi connectivity index (χ0n) is 18.9. The summed E-state index contributed by atoms with van der Waals surface area (Å²) >= 11 is 1.71. The maximum Gasteiger partial charge on any atom is 0.226 e. The number of carbonyl (C=O) groups excluding carboxylic acids is 1. The number of amides is 1. The van der Waals surface area contributed by atoms with Crippen LogP contribution in [0.3, 0.4) is 0 Å². The molecule has 1 saturated heterocycles. The number of fused-ring (bicyclic) bond motifs is 4. The molecular weight excluding hydrogens is 436 g/mol. The summed E-state index contributed by atoms with van der Waals surface area (Å²) in [6.45, 7) is 3.44. The zero-order chi connectivity index (χ0) is 22.6. The molecule has 6 rings (SSSR count). The molecule has 0 bridgehead atoms. The Hall–Kier alpha value is -2.42. The average molecular weight is 467 g/mol. The van der Waals surface area contributed by atoms with Crippen LogP contribution >= 0.6 is 11.3 Å². The number of rotatable bonds is 5. The standard InChI is InChI=1S/C25H30N4O3S/c1-32-17-4-5-18-19(12-17)27-23-20(14-30)29(24(31)16-2-3-16)15-25(22(18)23)6-9-28(10-7-25)13-21-26-8-11-33-21/h4-5,8,11-12,16,20,27,30H,2-3,6-7,9-10,13-15H2,1H3/t20-/m1/s1. The summed E-state index contributed by atoms with van der Waals surface area (Å²) in [4.78, 5) is 25.8. The van der Waals surface area contributed by atoms with Gasteiger partial charge >= 0.3 is 0 Å². The molecule has 1 saturated carbocycles. The molecule has 1 spiro atoms. The first-order valence-electron chi connectivity index (χ1n) is 11.8. The van der Waals surface area contributed by atoms with E-state index in [0.29, 0.717) is 6.54 Å². The third-order valence-corrected chi connectivity index (χ3v) is 8.55. The highest BCUT2D eigenvalue weighted by Gasteiger charge is 2.50. The van der Waals surface area contributed by atoms with E-state index in [1.54, 1.807) is 18.4 Å². The lowest BCUT2D eigenvalue weighted by atomic mass is 9.68. The van der Waals surface area contributed by atoms with Gasteiger partial charge in [-0.05, 0) is 56.5 Å². The Morgan fingerprint density at radius 1 is 1.33 bits per heavy atom. The summed E-state index contributed by atoms with van der Waals surface area (Å²) in [5.74, 6) is 1.15. The number of piperidine rings is 1. The minimum Gasteiger partial charge on any atom is -0.497 e. The fourth-order valence-electron chi connectivity index (χ4n) is 5.87. The molecule has 174 valence electrons. The second-order valence-electron chi connectivity index (χ2n) is 9.75. The summed E-state index contributed by atoms with van der Waals surface area (Å²) in [7, 11) is 1.68. The molecule has 4 heterocycles. The minimum atomic E-state index is -0.314. The number of aromatic nitrogens is 2. The Balaban J connectivity index is 1.40. The van der Waals surface area contributed by atoms with Crippen molar-refractivity contribution < 1.29 is 14.6 Å². The molecule has 1 amide bonds. The van der Waals surface area contributed by atoms with Gasteiger partial charge in [-0.15, -0.1) is 11.3 Å². The van der Waals surface area contributed by atoms with Gasteiger partial charge in [0.15, 0.2) is 0 Å². The van der Waals surface area contributed by atoms with Gasteiger partial charge in [-0.25, -0.2) is 4.98 Å². The van der Waals surface area contributed by atoms with Gasteiger partial charge in [-0.1, -0.05) is 0 Å². The Labute approximate surface area is 197 Å². The van der Waals surface area contributed by atoms with Gasteiger partial charge in [0.05, 0.1) is 26.3 Å². The van der Waals surface area contributed by atoms with E-state index in [4.69, 9.17) is 4.74 Å². The van der Waals surface area contributed by atoms with Crippen molar-refractivity contribution in [3.8, 4) is 5.75 Å². The molecule has 1 atom stereocenters. The van der Waals surface area contributed by atoms with Crippen molar-refractivity contribution >= 4 is 28.1 Å². The summed E-state index contributed by atoms with van der Waals surface area (Å²) in [6, 6.07) is 5.86. The lowest BCUT2D eigenvalue weighted by molar-refractivity contribution is -0.138. The van der Waals surface area contributed by atoms with Crippen molar-refractivity contribution in [3.63, 3.8) is 0 Å². The van der Waals surface area contributed by atoms with Crippen LogP contribution < -0.4 is 4.74 Å². The van der Waals surface area contributed by atoms with E-state index >= 15 is 0 Å². The number of hydrogen-bond donors (Lipinski definition) is 2. The lowest BCUT2D eigenvalue weighted by Gasteiger charge is -2.50. The van der Waals surface area contributed by atoms with E-state index in [1.807, 2.05) is 28.6 Å². The van der Waals surface area contributed by atoms with E-state index < -0.39 is 0 Å². The fraction of sp³-hybridized carbons (Fsp3) is 0.520. The van der Waals surface area contributed by atoms with Crippen molar-refractivity contribution in [2.24, 2.45) is 5.92 Å². The van der Waals surface area contributed by atoms with Crippen molar-refractivity contribution in [3.05, 3.63) is 46.0 Å². The molecule has 2 fully saturated rings. The number of H-pyrrole nitrogens is 1. The molecule has 3 aliphatic rings. The van der Waals surface area contributed by atoms with Crippen molar-refractivity contribution in [2.75, 3.05) is 33.4 Å². The topological polar surface area (TPSA) is 81.7 Å². The second-order valence-corrected chi connectivity index (χ2v) is 10.7. The Morgan fingerprint density at radius 3 is 2.82 bits per heavy atom. The Kier molecular flexibility index (Phi) is 5.19. The quantitative estimate of drug-likeness (QED) is 0.602. The molecule has 1 aromatic carbocycles. The van der Waals surface area contributed by atoms with Crippen LogP contribution in [0.1, 0.15) is 48.0 Å². The molecule has 3 aromatic rings. The van der Waals surface area contributed by atoms with Gasteiger partial charge in [0.1, 0.15) is 10.8 Å². The number of aliphatic hydroxyl groups is 1. The average Bonchev–Trinajstić information content (AvgIpc) is 3.43.